The minimum Gasteiger partial charge on any atom is -0.461 e. The highest BCUT2D eigenvalue weighted by Crippen LogP contribution is 2.05. The van der Waals surface area contributed by atoms with E-state index in [1.54, 1.807) is 6.92 Å². The molecule has 0 aliphatic heterocycles. The lowest BCUT2D eigenvalue weighted by Crippen LogP contribution is -2.25. The maximum absolute atomic E-state index is 12.7. The van der Waals surface area contributed by atoms with Gasteiger partial charge in [-0.3, -0.25) is 10.4 Å². The summed E-state index contributed by atoms with van der Waals surface area (Å²) >= 11 is 0. The van der Waals surface area contributed by atoms with Crippen LogP contribution in [0.4, 0.5) is 4.39 Å². The van der Waals surface area contributed by atoms with Crippen LogP contribution in [0.3, 0.4) is 0 Å². The third-order valence-electron chi connectivity index (χ3n) is 2.04. The number of ether oxygens (including phenoxy) is 1. The summed E-state index contributed by atoms with van der Waals surface area (Å²) < 4.78 is 17.3. The minimum absolute atomic E-state index is 0.112. The molecule has 0 radical (unpaired) electrons. The van der Waals surface area contributed by atoms with Gasteiger partial charge in [-0.25, -0.2) is 9.18 Å². The Balaban J connectivity index is 2.99. The summed E-state index contributed by atoms with van der Waals surface area (Å²) in [5.41, 5.74) is 10.2. The second-order valence-electron chi connectivity index (χ2n) is 3.28. The number of pyridine rings is 1. The molecule has 0 saturated carbocycles. The highest BCUT2D eigenvalue weighted by molar-refractivity contribution is 6.12. The summed E-state index contributed by atoms with van der Waals surface area (Å²) in [4.78, 5) is 15.0. The topological polar surface area (TPSA) is 115 Å². The number of aromatic nitrogens is 1. The highest BCUT2D eigenvalue weighted by atomic mass is 19.1. The quantitative estimate of drug-likeness (QED) is 0.404. The Bertz CT molecular complexity index is 496. The van der Waals surface area contributed by atoms with E-state index in [4.69, 9.17) is 16.9 Å². The largest absolute Gasteiger partial charge is 0.461 e. The number of nitrogens with one attached hydrogen (secondary N) is 1. The molecule has 0 spiro atoms. The summed E-state index contributed by atoms with van der Waals surface area (Å²) in [6.07, 6.45) is 0.942. The fourth-order valence-electron chi connectivity index (χ4n) is 1.12. The van der Waals surface area contributed by atoms with Crippen molar-refractivity contribution < 1.29 is 13.9 Å². The van der Waals surface area contributed by atoms with E-state index >= 15 is 0 Å². The fourth-order valence-corrected chi connectivity index (χ4v) is 1.12. The first kappa shape index (κ1) is 13.6. The Labute approximate surface area is 103 Å². The van der Waals surface area contributed by atoms with Crippen LogP contribution in [0.25, 0.3) is 0 Å². The molecule has 96 valence electrons. The van der Waals surface area contributed by atoms with Gasteiger partial charge in [0.25, 0.3) is 0 Å². The number of halogens is 1. The van der Waals surface area contributed by atoms with E-state index < -0.39 is 11.8 Å². The van der Waals surface area contributed by atoms with Crippen LogP contribution in [-0.2, 0) is 9.53 Å². The van der Waals surface area contributed by atoms with Gasteiger partial charge in [-0.15, -0.1) is 0 Å². The van der Waals surface area contributed by atoms with Crippen molar-refractivity contribution in [1.29, 1.82) is 5.41 Å². The van der Waals surface area contributed by atoms with E-state index in [9.17, 15) is 9.18 Å². The maximum atomic E-state index is 12.7. The van der Waals surface area contributed by atoms with Crippen molar-refractivity contribution in [3.8, 4) is 0 Å². The SMILES string of the molecule is CCOC(=O)/C(N)=C(\N)C(=N)c1ccc(F)cn1. The third kappa shape index (κ3) is 3.03. The van der Waals surface area contributed by atoms with Crippen LogP contribution in [-0.4, -0.2) is 23.3 Å². The number of nitrogens with zero attached hydrogens (tertiary/aromatic N) is 1. The number of carbonyl (C=O) groups is 1. The summed E-state index contributed by atoms with van der Waals surface area (Å²) in [5.74, 6) is -1.34. The Morgan fingerprint density at radius 3 is 2.61 bits per heavy atom. The van der Waals surface area contributed by atoms with Crippen molar-refractivity contribution >= 4 is 11.7 Å². The van der Waals surface area contributed by atoms with Gasteiger partial charge in [0.15, 0.2) is 0 Å². The second-order valence-corrected chi connectivity index (χ2v) is 3.28. The van der Waals surface area contributed by atoms with Crippen molar-refractivity contribution in [2.45, 2.75) is 6.92 Å². The molecule has 0 amide bonds. The molecule has 6 nitrogen and oxygen atoms in total. The molecular weight excluding hydrogens is 239 g/mol. The standard InChI is InChI=1S/C11H13FN4O2/c1-2-18-11(17)10(15)9(14)8(13)7-4-3-6(12)5-16-7/h3-5,13H,2,14-15H2,1H3/b10-9+,13-8?. The maximum Gasteiger partial charge on any atom is 0.356 e. The first-order valence-electron chi connectivity index (χ1n) is 5.10. The van der Waals surface area contributed by atoms with Gasteiger partial charge in [-0.05, 0) is 19.1 Å². The van der Waals surface area contributed by atoms with Crippen molar-refractivity contribution in [1.82, 2.24) is 4.98 Å². The number of carbonyl (C=O) groups excluding carboxylic acids is 1. The molecule has 0 unspecified atom stereocenters. The molecule has 0 aliphatic rings. The van der Waals surface area contributed by atoms with Crippen LogP contribution in [0.5, 0.6) is 0 Å². The highest BCUT2D eigenvalue weighted by Gasteiger charge is 2.16. The lowest BCUT2D eigenvalue weighted by molar-refractivity contribution is -0.138. The zero-order chi connectivity index (χ0) is 13.7. The molecule has 5 N–H and O–H groups in total. The first-order valence-corrected chi connectivity index (χ1v) is 5.10. The molecule has 1 rings (SSSR count). The molecule has 1 aromatic heterocycles. The molecule has 0 aromatic carbocycles. The third-order valence-corrected chi connectivity index (χ3v) is 2.04. The van der Waals surface area contributed by atoms with E-state index in [1.807, 2.05) is 0 Å². The van der Waals surface area contributed by atoms with Crippen molar-refractivity contribution in [3.63, 3.8) is 0 Å². The average molecular weight is 252 g/mol. The van der Waals surface area contributed by atoms with Gasteiger partial charge in [-0.1, -0.05) is 0 Å². The van der Waals surface area contributed by atoms with Crippen LogP contribution in [0, 0.1) is 11.2 Å². The number of esters is 1. The Hall–Kier alpha value is -2.44. The summed E-state index contributed by atoms with van der Waals surface area (Å²) in [5, 5.41) is 7.71. The first-order chi connectivity index (χ1) is 8.47. The molecule has 18 heavy (non-hydrogen) atoms. The smallest absolute Gasteiger partial charge is 0.356 e. The van der Waals surface area contributed by atoms with Gasteiger partial charge in [0.2, 0.25) is 0 Å². The summed E-state index contributed by atoms with van der Waals surface area (Å²) in [6, 6.07) is 2.40. The fraction of sp³-hybridized carbons (Fsp3) is 0.182. The Morgan fingerprint density at radius 1 is 1.44 bits per heavy atom. The summed E-state index contributed by atoms with van der Waals surface area (Å²) in [6.45, 7) is 1.77. The number of hydrogen-bond donors (Lipinski definition) is 3. The van der Waals surface area contributed by atoms with Gasteiger partial charge in [0.05, 0.1) is 24.2 Å². The molecule has 0 saturated heterocycles. The average Bonchev–Trinajstić information content (AvgIpc) is 2.37. The van der Waals surface area contributed by atoms with Crippen molar-refractivity contribution in [2.24, 2.45) is 11.5 Å². The van der Waals surface area contributed by atoms with Crippen LogP contribution in [0.15, 0.2) is 29.7 Å². The van der Waals surface area contributed by atoms with E-state index in [2.05, 4.69) is 9.72 Å². The normalized spacial score (nSPS) is 11.7. The second kappa shape index (κ2) is 5.76. The summed E-state index contributed by atoms with van der Waals surface area (Å²) in [7, 11) is 0. The zero-order valence-corrected chi connectivity index (χ0v) is 9.74. The number of hydrogen-bond acceptors (Lipinski definition) is 6. The van der Waals surface area contributed by atoms with Crippen LogP contribution >= 0.6 is 0 Å². The van der Waals surface area contributed by atoms with Crippen molar-refractivity contribution in [2.75, 3.05) is 6.61 Å². The van der Waals surface area contributed by atoms with E-state index in [0.717, 1.165) is 12.3 Å². The van der Waals surface area contributed by atoms with Gasteiger partial charge in [0.1, 0.15) is 17.2 Å². The molecule has 0 aliphatic carbocycles. The number of nitrogens with two attached hydrogens (primary N) is 2. The van der Waals surface area contributed by atoms with Crippen molar-refractivity contribution in [3.05, 3.63) is 41.2 Å². The van der Waals surface area contributed by atoms with E-state index in [0.29, 0.717) is 0 Å². The lowest BCUT2D eigenvalue weighted by atomic mass is 10.1. The van der Waals surface area contributed by atoms with Crippen LogP contribution < -0.4 is 11.5 Å². The van der Waals surface area contributed by atoms with Crippen LogP contribution in [0.1, 0.15) is 12.6 Å². The Kier molecular flexibility index (Phi) is 4.36. The molecule has 0 bridgehead atoms. The van der Waals surface area contributed by atoms with Gasteiger partial charge in [0, 0.05) is 0 Å². The molecule has 1 aromatic rings. The van der Waals surface area contributed by atoms with Crippen LogP contribution in [0.2, 0.25) is 0 Å². The van der Waals surface area contributed by atoms with E-state index in [-0.39, 0.29) is 29.4 Å². The van der Waals surface area contributed by atoms with Gasteiger partial charge >= 0.3 is 5.97 Å². The zero-order valence-electron chi connectivity index (χ0n) is 9.74. The molecule has 0 fully saturated rings. The number of allylic oxidation sites excluding steroid dienone is 1. The number of rotatable bonds is 4. The van der Waals surface area contributed by atoms with Gasteiger partial charge < -0.3 is 16.2 Å². The Morgan fingerprint density at radius 2 is 2.11 bits per heavy atom. The minimum atomic E-state index is -0.804. The molecule has 0 atom stereocenters. The van der Waals surface area contributed by atoms with Gasteiger partial charge in [-0.2, -0.15) is 0 Å². The molecule has 7 heteroatoms. The molecular formula is C11H13FN4O2. The monoisotopic (exact) mass is 252 g/mol. The lowest BCUT2D eigenvalue weighted by Gasteiger charge is -2.07. The predicted molar refractivity (Wildman–Crippen MR) is 63.1 cm³/mol. The predicted octanol–water partition coefficient (Wildman–Crippen LogP) is 0.281. The van der Waals surface area contributed by atoms with E-state index in [1.165, 1.54) is 6.07 Å². The molecule has 1 heterocycles.